The van der Waals surface area contributed by atoms with Gasteiger partial charge in [0.1, 0.15) is 11.4 Å². The summed E-state index contributed by atoms with van der Waals surface area (Å²) in [6.07, 6.45) is 1.29. The number of hydrogen-bond donors (Lipinski definition) is 2. The summed E-state index contributed by atoms with van der Waals surface area (Å²) in [6.45, 7) is 0. The smallest absolute Gasteiger partial charge is 0.337 e. The summed E-state index contributed by atoms with van der Waals surface area (Å²) in [5.41, 5.74) is 0.583. The van der Waals surface area contributed by atoms with Crippen LogP contribution in [0.3, 0.4) is 0 Å². The number of halogens is 1. The van der Waals surface area contributed by atoms with Gasteiger partial charge in [0.2, 0.25) is 0 Å². The van der Waals surface area contributed by atoms with Gasteiger partial charge in [0.25, 0.3) is 17.5 Å². The molecule has 3 aromatic carbocycles. The van der Waals surface area contributed by atoms with Gasteiger partial charge in [0, 0.05) is 22.8 Å². The van der Waals surface area contributed by atoms with E-state index in [2.05, 4.69) is 15.4 Å². The number of nitrogens with one attached hydrogen (secondary N) is 2. The quantitative estimate of drug-likeness (QED) is 0.198. The van der Waals surface area contributed by atoms with Crippen LogP contribution in [0.4, 0.5) is 11.4 Å². The Kier molecular flexibility index (Phi) is 8.37. The molecule has 0 aliphatic carbocycles. The molecular weight excluding hydrogens is 490 g/mol. The largest absolute Gasteiger partial charge is 0.496 e. The van der Waals surface area contributed by atoms with Gasteiger partial charge in [-0.05, 0) is 54.1 Å². The molecule has 11 heteroatoms. The van der Waals surface area contributed by atoms with E-state index in [0.717, 1.165) is 0 Å². The molecule has 0 saturated carbocycles. The molecular formula is C25H20ClN3O7. The molecule has 0 bridgehead atoms. The maximum Gasteiger partial charge on any atom is 0.337 e. The average Bonchev–Trinajstić information content (AvgIpc) is 2.88. The van der Waals surface area contributed by atoms with Crippen molar-refractivity contribution in [2.45, 2.75) is 0 Å². The molecule has 0 aliphatic rings. The topological polar surface area (TPSA) is 137 Å². The number of hydrogen-bond acceptors (Lipinski definition) is 7. The van der Waals surface area contributed by atoms with Gasteiger partial charge in [-0.2, -0.15) is 0 Å². The molecule has 2 N–H and O–H groups in total. The first-order valence-corrected chi connectivity index (χ1v) is 10.7. The van der Waals surface area contributed by atoms with Gasteiger partial charge in [-0.25, -0.2) is 4.79 Å². The lowest BCUT2D eigenvalue weighted by Crippen LogP contribution is -2.31. The average molecular weight is 510 g/mol. The Morgan fingerprint density at radius 1 is 1.00 bits per heavy atom. The Bertz CT molecular complexity index is 1350. The van der Waals surface area contributed by atoms with E-state index in [1.807, 2.05) is 0 Å². The van der Waals surface area contributed by atoms with E-state index in [-0.39, 0.29) is 33.3 Å². The van der Waals surface area contributed by atoms with E-state index in [9.17, 15) is 24.5 Å². The highest BCUT2D eigenvalue weighted by atomic mass is 35.5. The van der Waals surface area contributed by atoms with Gasteiger partial charge >= 0.3 is 5.97 Å². The van der Waals surface area contributed by atoms with Crippen LogP contribution >= 0.6 is 11.6 Å². The summed E-state index contributed by atoms with van der Waals surface area (Å²) in [7, 11) is 2.63. The van der Waals surface area contributed by atoms with Crippen LogP contribution in [0.2, 0.25) is 5.02 Å². The lowest BCUT2D eigenvalue weighted by atomic mass is 10.1. The van der Waals surface area contributed by atoms with Crippen LogP contribution in [0.5, 0.6) is 5.75 Å². The van der Waals surface area contributed by atoms with Crippen molar-refractivity contribution >= 4 is 46.8 Å². The SMILES string of the molecule is COC(=O)c1ccc(NC(=O)/C(=C/c2cccc([N+](=O)[O-])c2)NC(=O)c2cc(Cl)ccc2OC)cc1. The van der Waals surface area contributed by atoms with Crippen LogP contribution in [0, 0.1) is 10.1 Å². The van der Waals surface area contributed by atoms with E-state index in [1.165, 1.54) is 81.0 Å². The monoisotopic (exact) mass is 509 g/mol. The molecule has 0 spiro atoms. The summed E-state index contributed by atoms with van der Waals surface area (Å²) in [5, 5.41) is 16.6. The molecule has 0 unspecified atom stereocenters. The zero-order valence-electron chi connectivity index (χ0n) is 19.1. The first-order valence-electron chi connectivity index (χ1n) is 10.3. The van der Waals surface area contributed by atoms with E-state index in [1.54, 1.807) is 6.07 Å². The van der Waals surface area contributed by atoms with Crippen molar-refractivity contribution in [1.29, 1.82) is 0 Å². The van der Waals surface area contributed by atoms with Crippen molar-refractivity contribution in [2.24, 2.45) is 0 Å². The van der Waals surface area contributed by atoms with Crippen LogP contribution in [-0.4, -0.2) is 36.9 Å². The van der Waals surface area contributed by atoms with Crippen molar-refractivity contribution in [3.63, 3.8) is 0 Å². The first kappa shape index (κ1) is 25.9. The number of rotatable bonds is 8. The molecule has 184 valence electrons. The number of carbonyl (C=O) groups excluding carboxylic acids is 3. The Balaban J connectivity index is 1.95. The predicted molar refractivity (Wildman–Crippen MR) is 133 cm³/mol. The minimum Gasteiger partial charge on any atom is -0.496 e. The molecule has 0 saturated heterocycles. The van der Waals surface area contributed by atoms with Crippen LogP contribution in [0.1, 0.15) is 26.3 Å². The Labute approximate surface area is 210 Å². The van der Waals surface area contributed by atoms with Crippen LogP contribution in [0.15, 0.2) is 72.4 Å². The number of nitro benzene ring substituents is 1. The Morgan fingerprint density at radius 2 is 1.72 bits per heavy atom. The molecule has 0 aromatic heterocycles. The lowest BCUT2D eigenvalue weighted by Gasteiger charge is -2.13. The second-order valence-electron chi connectivity index (χ2n) is 7.23. The standard InChI is InChI=1S/C25H20ClN3O7/c1-35-22-11-8-17(26)14-20(22)23(30)28-21(13-15-4-3-5-19(12-15)29(33)34)24(31)27-18-9-6-16(7-10-18)25(32)36-2/h3-14H,1-2H3,(H,27,31)(H,28,30)/b21-13-. The van der Waals surface area contributed by atoms with Gasteiger partial charge in [-0.1, -0.05) is 23.7 Å². The van der Waals surface area contributed by atoms with Gasteiger partial charge < -0.3 is 20.1 Å². The zero-order valence-corrected chi connectivity index (χ0v) is 19.9. The fourth-order valence-corrected chi connectivity index (χ4v) is 3.28. The number of nitrogens with zero attached hydrogens (tertiary/aromatic N) is 1. The normalized spacial score (nSPS) is 10.8. The van der Waals surface area contributed by atoms with Crippen molar-refractivity contribution in [3.05, 3.63) is 104 Å². The number of anilines is 1. The predicted octanol–water partition coefficient (Wildman–Crippen LogP) is 4.45. The highest BCUT2D eigenvalue weighted by molar-refractivity contribution is 6.31. The molecule has 36 heavy (non-hydrogen) atoms. The summed E-state index contributed by atoms with van der Waals surface area (Å²) < 4.78 is 9.86. The van der Waals surface area contributed by atoms with Gasteiger partial charge in [0.05, 0.1) is 30.3 Å². The molecule has 0 heterocycles. The maximum absolute atomic E-state index is 13.1. The van der Waals surface area contributed by atoms with Crippen molar-refractivity contribution in [2.75, 3.05) is 19.5 Å². The number of amides is 2. The van der Waals surface area contributed by atoms with E-state index < -0.39 is 22.7 Å². The van der Waals surface area contributed by atoms with Crippen molar-refractivity contribution in [3.8, 4) is 5.75 Å². The summed E-state index contributed by atoms with van der Waals surface area (Å²) >= 11 is 6.02. The van der Waals surface area contributed by atoms with Crippen LogP contribution in [0.25, 0.3) is 6.08 Å². The fraction of sp³-hybridized carbons (Fsp3) is 0.0800. The number of esters is 1. The van der Waals surface area contributed by atoms with E-state index in [4.69, 9.17) is 16.3 Å². The van der Waals surface area contributed by atoms with Crippen molar-refractivity contribution in [1.82, 2.24) is 5.32 Å². The van der Waals surface area contributed by atoms with Crippen LogP contribution < -0.4 is 15.4 Å². The number of nitro groups is 1. The number of methoxy groups -OCH3 is 2. The second kappa shape index (κ2) is 11.6. The van der Waals surface area contributed by atoms with Gasteiger partial charge in [0.15, 0.2) is 0 Å². The summed E-state index contributed by atoms with van der Waals surface area (Å²) in [4.78, 5) is 48.4. The fourth-order valence-electron chi connectivity index (χ4n) is 3.11. The minimum absolute atomic E-state index is 0.0742. The maximum atomic E-state index is 13.1. The highest BCUT2D eigenvalue weighted by Crippen LogP contribution is 2.23. The highest BCUT2D eigenvalue weighted by Gasteiger charge is 2.19. The number of carbonyl (C=O) groups is 3. The summed E-state index contributed by atoms with van der Waals surface area (Å²) in [5.74, 6) is -1.73. The Morgan fingerprint density at radius 3 is 2.36 bits per heavy atom. The van der Waals surface area contributed by atoms with Gasteiger partial charge in [-0.15, -0.1) is 0 Å². The Hall–Kier alpha value is -4.70. The number of non-ortho nitro benzene ring substituents is 1. The molecule has 2 amide bonds. The second-order valence-corrected chi connectivity index (χ2v) is 7.67. The summed E-state index contributed by atoms with van der Waals surface area (Å²) in [6, 6.07) is 15.9. The van der Waals surface area contributed by atoms with E-state index in [0.29, 0.717) is 11.3 Å². The lowest BCUT2D eigenvalue weighted by molar-refractivity contribution is -0.384. The number of ether oxygens (including phenoxy) is 2. The molecule has 3 aromatic rings. The third kappa shape index (κ3) is 6.45. The zero-order chi connectivity index (χ0) is 26.2. The molecule has 0 aliphatic heterocycles. The molecule has 0 fully saturated rings. The molecule has 3 rings (SSSR count). The molecule has 0 atom stereocenters. The first-order chi connectivity index (χ1) is 17.2. The minimum atomic E-state index is -0.721. The van der Waals surface area contributed by atoms with Crippen LogP contribution in [-0.2, 0) is 9.53 Å². The number of benzene rings is 3. The molecule has 0 radical (unpaired) electrons. The van der Waals surface area contributed by atoms with Gasteiger partial charge in [-0.3, -0.25) is 19.7 Å². The third-order valence-electron chi connectivity index (χ3n) is 4.85. The molecule has 10 nitrogen and oxygen atoms in total. The van der Waals surface area contributed by atoms with Crippen molar-refractivity contribution < 1.29 is 28.8 Å². The van der Waals surface area contributed by atoms with E-state index >= 15 is 0 Å². The third-order valence-corrected chi connectivity index (χ3v) is 5.09.